The lowest BCUT2D eigenvalue weighted by molar-refractivity contribution is 0.360. The predicted octanol–water partition coefficient (Wildman–Crippen LogP) is 12.1. The van der Waals surface area contributed by atoms with Gasteiger partial charge in [-0.1, -0.05) is 164 Å². The summed E-state index contributed by atoms with van der Waals surface area (Å²) in [5.41, 5.74) is 14.5. The van der Waals surface area contributed by atoms with Gasteiger partial charge >= 0.3 is 0 Å². The van der Waals surface area contributed by atoms with Crippen molar-refractivity contribution in [1.82, 2.24) is 5.32 Å². The van der Waals surface area contributed by atoms with Crippen molar-refractivity contribution in [3.8, 4) is 56.4 Å². The predicted molar refractivity (Wildman–Crippen MR) is 227 cm³/mol. The Morgan fingerprint density at radius 2 is 1.05 bits per heavy atom. The van der Waals surface area contributed by atoms with Crippen LogP contribution in [0.2, 0.25) is 0 Å². The van der Waals surface area contributed by atoms with Crippen molar-refractivity contribution in [2.45, 2.75) is 11.6 Å². The number of nitrogens with one attached hydrogen (secondary N) is 1. The average molecular weight is 732 g/mol. The number of hydrogen-bond acceptors (Lipinski definition) is 5. The Morgan fingerprint density at radius 1 is 0.439 bits per heavy atom. The average Bonchev–Trinajstić information content (AvgIpc) is 3.76. The molecule has 12 rings (SSSR count). The lowest BCUT2D eigenvalue weighted by Gasteiger charge is -2.31. The maximum atomic E-state index is 6.76. The van der Waals surface area contributed by atoms with E-state index in [1.165, 1.54) is 33.4 Å². The van der Waals surface area contributed by atoms with Crippen molar-refractivity contribution in [3.05, 3.63) is 227 Å². The van der Waals surface area contributed by atoms with Gasteiger partial charge in [0.05, 0.1) is 5.41 Å². The molecule has 0 saturated carbocycles. The van der Waals surface area contributed by atoms with Crippen LogP contribution in [0.3, 0.4) is 0 Å². The van der Waals surface area contributed by atoms with Crippen LogP contribution in [0, 0.1) is 0 Å². The molecule has 2 heterocycles. The molecule has 1 N–H and O–H groups in total. The minimum Gasteiger partial charge on any atom is -0.449 e. The van der Waals surface area contributed by atoms with Gasteiger partial charge in [0.1, 0.15) is 12.0 Å². The van der Waals surface area contributed by atoms with E-state index in [9.17, 15) is 0 Å². The second-order valence-electron chi connectivity index (χ2n) is 14.9. The lowest BCUT2D eigenvalue weighted by atomic mass is 9.70. The van der Waals surface area contributed by atoms with Gasteiger partial charge in [-0.15, -0.1) is 0 Å². The molecule has 2 aliphatic heterocycles. The molecule has 4 aliphatic rings. The fraction of sp³-hybridized carbons (Fsp3) is 0.0385. The standard InChI is InChI=1S/C52H33N3O2/c1-3-13-33(14-4-1)49-53-50(34-15-5-2-6-16-34)55-51(54-49)35-25-23-32(24-26-35)36-27-28-39-43(31-36)52(40-19-9-7-17-37(40)38-18-8-10-20-41(38)52)42-29-30-46-48(47(39)42)57-45-22-12-11-21-44(45)56-46/h1-31,49H,(H,53,54,55). The second kappa shape index (κ2) is 12.3. The van der Waals surface area contributed by atoms with E-state index in [1.54, 1.807) is 0 Å². The summed E-state index contributed by atoms with van der Waals surface area (Å²) in [5.74, 6) is 4.43. The molecule has 268 valence electrons. The van der Waals surface area contributed by atoms with Crippen LogP contribution in [-0.2, 0) is 5.41 Å². The number of rotatable bonds is 4. The summed E-state index contributed by atoms with van der Waals surface area (Å²) in [7, 11) is 0. The highest BCUT2D eigenvalue weighted by Crippen LogP contribution is 2.66. The molecular formula is C52H33N3O2. The summed E-state index contributed by atoms with van der Waals surface area (Å²) in [6.45, 7) is 0. The van der Waals surface area contributed by atoms with Gasteiger partial charge in [-0.2, -0.15) is 0 Å². The fourth-order valence-electron chi connectivity index (χ4n) is 9.32. The summed E-state index contributed by atoms with van der Waals surface area (Å²) in [6, 6.07) is 66.1. The first kappa shape index (κ1) is 31.8. The van der Waals surface area contributed by atoms with E-state index in [1.807, 2.05) is 60.7 Å². The minimum atomic E-state index is -0.540. The highest BCUT2D eigenvalue weighted by Gasteiger charge is 2.53. The molecule has 0 aromatic heterocycles. The molecule has 0 amide bonds. The van der Waals surface area contributed by atoms with Gasteiger partial charge in [-0.25, -0.2) is 9.98 Å². The Kier molecular flexibility index (Phi) is 6.84. The maximum Gasteiger partial charge on any atom is 0.178 e. The molecular weight excluding hydrogens is 699 g/mol. The number of nitrogens with zero attached hydrogens (tertiary/aromatic N) is 2. The van der Waals surface area contributed by atoms with Gasteiger partial charge in [0.2, 0.25) is 0 Å². The SMILES string of the molecule is c1ccc(C2=NC(c3ccc(-c4ccc5c(c4)C4(c6ccccc6-c6ccccc64)c4ccc6c(c4-5)Oc4ccccc4O6)cc3)=NC(c3ccccc3)N2)cc1. The third-order valence-electron chi connectivity index (χ3n) is 11.8. The largest absolute Gasteiger partial charge is 0.449 e. The zero-order valence-corrected chi connectivity index (χ0v) is 30.7. The van der Waals surface area contributed by atoms with Crippen molar-refractivity contribution in [1.29, 1.82) is 0 Å². The van der Waals surface area contributed by atoms with Crippen LogP contribution in [-0.4, -0.2) is 11.7 Å². The van der Waals surface area contributed by atoms with E-state index in [0.717, 1.165) is 67.8 Å². The smallest absolute Gasteiger partial charge is 0.178 e. The first-order chi connectivity index (χ1) is 28.2. The van der Waals surface area contributed by atoms with E-state index in [2.05, 4.69) is 133 Å². The Hall–Kier alpha value is -7.50. The summed E-state index contributed by atoms with van der Waals surface area (Å²) < 4.78 is 13.2. The van der Waals surface area contributed by atoms with Crippen LogP contribution in [0.25, 0.3) is 33.4 Å². The Balaban J connectivity index is 1.01. The van der Waals surface area contributed by atoms with E-state index in [4.69, 9.17) is 19.5 Å². The molecule has 0 radical (unpaired) electrons. The van der Waals surface area contributed by atoms with Crippen molar-refractivity contribution in [3.63, 3.8) is 0 Å². The number of ether oxygens (including phenoxy) is 2. The van der Waals surface area contributed by atoms with Crippen LogP contribution in [0.4, 0.5) is 0 Å². The van der Waals surface area contributed by atoms with Gasteiger partial charge < -0.3 is 14.8 Å². The monoisotopic (exact) mass is 731 g/mol. The van der Waals surface area contributed by atoms with Gasteiger partial charge in [0, 0.05) is 16.7 Å². The molecule has 8 aromatic rings. The molecule has 0 fully saturated rings. The van der Waals surface area contributed by atoms with E-state index >= 15 is 0 Å². The highest BCUT2D eigenvalue weighted by molar-refractivity contribution is 6.13. The highest BCUT2D eigenvalue weighted by atomic mass is 16.6. The van der Waals surface area contributed by atoms with Crippen LogP contribution in [0.5, 0.6) is 23.0 Å². The summed E-state index contributed by atoms with van der Waals surface area (Å²) in [5, 5.41) is 3.56. The summed E-state index contributed by atoms with van der Waals surface area (Å²) in [6.07, 6.45) is -0.256. The first-order valence-electron chi connectivity index (χ1n) is 19.3. The van der Waals surface area contributed by atoms with Crippen LogP contribution < -0.4 is 14.8 Å². The van der Waals surface area contributed by atoms with Crippen LogP contribution >= 0.6 is 0 Å². The summed E-state index contributed by atoms with van der Waals surface area (Å²) in [4.78, 5) is 10.2. The number of fused-ring (bicyclic) bond motifs is 13. The van der Waals surface area contributed by atoms with Crippen LogP contribution in [0.15, 0.2) is 198 Å². The Labute approximate surface area is 330 Å². The van der Waals surface area contributed by atoms with Gasteiger partial charge in [-0.05, 0) is 79.9 Å². The quantitative estimate of drug-likeness (QED) is 0.196. The van der Waals surface area contributed by atoms with Crippen LogP contribution in [0.1, 0.15) is 45.1 Å². The molecule has 57 heavy (non-hydrogen) atoms. The minimum absolute atomic E-state index is 0.256. The molecule has 1 atom stereocenters. The number of benzene rings is 8. The van der Waals surface area contributed by atoms with E-state index < -0.39 is 5.41 Å². The molecule has 1 spiro atoms. The zero-order chi connectivity index (χ0) is 37.5. The van der Waals surface area contributed by atoms with Gasteiger partial charge in [0.15, 0.2) is 28.8 Å². The first-order valence-corrected chi connectivity index (χ1v) is 19.3. The Bertz CT molecular complexity index is 2940. The lowest BCUT2D eigenvalue weighted by Crippen LogP contribution is -2.33. The second-order valence-corrected chi connectivity index (χ2v) is 14.9. The molecule has 5 heteroatoms. The van der Waals surface area contributed by atoms with Crippen molar-refractivity contribution < 1.29 is 9.47 Å². The van der Waals surface area contributed by atoms with Crippen molar-refractivity contribution in [2.75, 3.05) is 0 Å². The number of para-hydroxylation sites is 2. The van der Waals surface area contributed by atoms with Gasteiger partial charge in [-0.3, -0.25) is 0 Å². The van der Waals surface area contributed by atoms with E-state index in [0.29, 0.717) is 5.84 Å². The topological polar surface area (TPSA) is 55.2 Å². The number of aliphatic imine (C=N–C) groups is 2. The summed E-state index contributed by atoms with van der Waals surface area (Å²) >= 11 is 0. The molecule has 0 saturated heterocycles. The third kappa shape index (κ3) is 4.69. The molecule has 2 aliphatic carbocycles. The number of amidine groups is 2. The number of hydrogen-bond donors (Lipinski definition) is 1. The molecule has 1 unspecified atom stereocenters. The molecule has 0 bridgehead atoms. The van der Waals surface area contributed by atoms with Crippen molar-refractivity contribution >= 4 is 11.7 Å². The fourth-order valence-corrected chi connectivity index (χ4v) is 9.32. The third-order valence-corrected chi connectivity index (χ3v) is 11.8. The Morgan fingerprint density at radius 3 is 1.79 bits per heavy atom. The van der Waals surface area contributed by atoms with E-state index in [-0.39, 0.29) is 6.17 Å². The molecule has 8 aromatic carbocycles. The van der Waals surface area contributed by atoms with Crippen molar-refractivity contribution in [2.24, 2.45) is 9.98 Å². The normalized spacial score (nSPS) is 16.0. The zero-order valence-electron chi connectivity index (χ0n) is 30.7. The molecule has 5 nitrogen and oxygen atoms in total. The van der Waals surface area contributed by atoms with Gasteiger partial charge in [0.25, 0.3) is 0 Å². The maximum absolute atomic E-state index is 6.76.